The lowest BCUT2D eigenvalue weighted by Gasteiger charge is -2.01. The van der Waals surface area contributed by atoms with E-state index in [1.807, 2.05) is 4.68 Å². The third kappa shape index (κ3) is 2.52. The Morgan fingerprint density at radius 1 is 1.31 bits per heavy atom. The van der Waals surface area contributed by atoms with Crippen molar-refractivity contribution in [3.05, 3.63) is 32.4 Å². The lowest BCUT2D eigenvalue weighted by molar-refractivity contribution is 0.643. The molecule has 0 unspecified atom stereocenters. The number of thiophene rings is 1. The second-order valence-corrected chi connectivity index (χ2v) is 6.06. The summed E-state index contributed by atoms with van der Waals surface area (Å²) in [6.07, 6.45) is 1.83. The molecule has 0 saturated heterocycles. The van der Waals surface area contributed by atoms with E-state index in [4.69, 9.17) is 0 Å². The van der Waals surface area contributed by atoms with Crippen molar-refractivity contribution in [1.29, 1.82) is 0 Å². The fourth-order valence-electron chi connectivity index (χ4n) is 1.55. The average molecular weight is 300 g/mol. The number of nitrogens with zero attached hydrogens (tertiary/aromatic N) is 3. The molecule has 0 N–H and O–H groups in total. The Morgan fingerprint density at radius 2 is 2.12 bits per heavy atom. The van der Waals surface area contributed by atoms with Gasteiger partial charge in [0.25, 0.3) is 0 Å². The average Bonchev–Trinajstić information content (AvgIpc) is 2.85. The van der Waals surface area contributed by atoms with Gasteiger partial charge in [0.15, 0.2) is 5.82 Å². The first-order chi connectivity index (χ1) is 7.72. The van der Waals surface area contributed by atoms with E-state index in [-0.39, 0.29) is 0 Å². The minimum absolute atomic E-state index is 0.826. The van der Waals surface area contributed by atoms with Gasteiger partial charge in [-0.1, -0.05) is 13.8 Å². The van der Waals surface area contributed by atoms with Crippen molar-refractivity contribution in [3.8, 4) is 0 Å². The largest absolute Gasteiger partial charge is 0.245 e. The molecule has 0 aromatic carbocycles. The van der Waals surface area contributed by atoms with E-state index in [1.54, 1.807) is 11.3 Å². The minimum Gasteiger partial charge on any atom is -0.245 e. The smallest absolute Gasteiger partial charge is 0.150 e. The summed E-state index contributed by atoms with van der Waals surface area (Å²) in [5, 5.41) is 4.50. The van der Waals surface area contributed by atoms with Gasteiger partial charge in [-0.2, -0.15) is 5.10 Å². The monoisotopic (exact) mass is 299 g/mol. The molecule has 0 bridgehead atoms. The second-order valence-electron chi connectivity index (χ2n) is 3.51. The first-order valence-corrected chi connectivity index (χ1v) is 7.00. The molecule has 0 fully saturated rings. The molecule has 0 aliphatic rings. The predicted octanol–water partition coefficient (Wildman–Crippen LogP) is 3.28. The van der Waals surface area contributed by atoms with Crippen LogP contribution in [0.25, 0.3) is 0 Å². The Labute approximate surface area is 108 Å². The fraction of sp³-hybridized carbons (Fsp3) is 0.455. The molecule has 5 heteroatoms. The highest BCUT2D eigenvalue weighted by atomic mass is 79.9. The lowest BCUT2D eigenvalue weighted by atomic mass is 10.4. The minimum atomic E-state index is 0.826. The van der Waals surface area contributed by atoms with Crippen molar-refractivity contribution in [1.82, 2.24) is 14.8 Å². The summed E-state index contributed by atoms with van der Waals surface area (Å²) in [4.78, 5) is 5.80. The molecule has 16 heavy (non-hydrogen) atoms. The van der Waals surface area contributed by atoms with E-state index in [2.05, 4.69) is 52.0 Å². The predicted molar refractivity (Wildman–Crippen MR) is 69.9 cm³/mol. The Kier molecular flexibility index (Phi) is 3.76. The van der Waals surface area contributed by atoms with Crippen LogP contribution < -0.4 is 0 Å². The maximum absolute atomic E-state index is 4.50. The van der Waals surface area contributed by atoms with Crippen LogP contribution in [0.4, 0.5) is 0 Å². The number of aryl methyl sites for hydroxylation is 2. The number of rotatable bonds is 4. The number of aromatic nitrogens is 3. The maximum Gasteiger partial charge on any atom is 0.150 e. The molecule has 0 spiro atoms. The molecule has 2 rings (SSSR count). The van der Waals surface area contributed by atoms with Gasteiger partial charge in [0.2, 0.25) is 0 Å². The number of hydrogen-bond donors (Lipinski definition) is 0. The van der Waals surface area contributed by atoms with E-state index >= 15 is 0 Å². The van der Waals surface area contributed by atoms with E-state index in [1.165, 1.54) is 4.88 Å². The summed E-state index contributed by atoms with van der Waals surface area (Å²) in [5.41, 5.74) is 0. The Balaban J connectivity index is 2.22. The molecular weight excluding hydrogens is 286 g/mol. The van der Waals surface area contributed by atoms with E-state index in [0.717, 1.165) is 34.8 Å². The topological polar surface area (TPSA) is 30.7 Å². The standard InChI is InChI=1S/C11H14BrN3S/c1-3-10-13-11(4-2)15(14-10)7-8-5-6-9(12)16-8/h5-6H,3-4,7H2,1-2H3. The van der Waals surface area contributed by atoms with Crippen molar-refractivity contribution >= 4 is 27.3 Å². The van der Waals surface area contributed by atoms with Gasteiger partial charge >= 0.3 is 0 Å². The first-order valence-electron chi connectivity index (χ1n) is 5.39. The zero-order chi connectivity index (χ0) is 11.5. The summed E-state index contributed by atoms with van der Waals surface area (Å²) >= 11 is 5.22. The van der Waals surface area contributed by atoms with Crippen LogP contribution in [0.5, 0.6) is 0 Å². The molecule has 2 aromatic heterocycles. The van der Waals surface area contributed by atoms with Gasteiger partial charge in [-0.3, -0.25) is 0 Å². The zero-order valence-electron chi connectivity index (χ0n) is 9.40. The molecule has 86 valence electrons. The van der Waals surface area contributed by atoms with Crippen LogP contribution in [0.3, 0.4) is 0 Å². The van der Waals surface area contributed by atoms with Crippen molar-refractivity contribution < 1.29 is 0 Å². The SMILES string of the molecule is CCc1nc(CC)n(Cc2ccc(Br)s2)n1. The molecule has 0 aliphatic heterocycles. The highest BCUT2D eigenvalue weighted by Crippen LogP contribution is 2.22. The van der Waals surface area contributed by atoms with Gasteiger partial charge in [-0.25, -0.2) is 9.67 Å². The van der Waals surface area contributed by atoms with Gasteiger partial charge in [0, 0.05) is 17.7 Å². The van der Waals surface area contributed by atoms with Gasteiger partial charge in [0.05, 0.1) is 10.3 Å². The summed E-state index contributed by atoms with van der Waals surface area (Å²) in [7, 11) is 0. The quantitative estimate of drug-likeness (QED) is 0.867. The Morgan fingerprint density at radius 3 is 2.69 bits per heavy atom. The summed E-state index contributed by atoms with van der Waals surface area (Å²) in [6, 6.07) is 4.20. The van der Waals surface area contributed by atoms with Crippen LogP contribution in [0.2, 0.25) is 0 Å². The summed E-state index contributed by atoms with van der Waals surface area (Å²) in [6.45, 7) is 5.03. The zero-order valence-corrected chi connectivity index (χ0v) is 11.8. The molecule has 3 nitrogen and oxygen atoms in total. The number of halogens is 1. The summed E-state index contributed by atoms with van der Waals surface area (Å²) < 4.78 is 3.17. The highest BCUT2D eigenvalue weighted by molar-refractivity contribution is 9.11. The van der Waals surface area contributed by atoms with Crippen LogP contribution in [0.15, 0.2) is 15.9 Å². The third-order valence-electron chi connectivity index (χ3n) is 2.36. The molecule has 0 aliphatic carbocycles. The third-order valence-corrected chi connectivity index (χ3v) is 3.97. The highest BCUT2D eigenvalue weighted by Gasteiger charge is 2.08. The van der Waals surface area contributed by atoms with E-state index in [9.17, 15) is 0 Å². The molecule has 0 atom stereocenters. The molecule has 0 saturated carbocycles. The van der Waals surface area contributed by atoms with Gasteiger partial charge in [-0.05, 0) is 28.1 Å². The maximum atomic E-state index is 4.50. The van der Waals surface area contributed by atoms with Crippen LogP contribution in [0, 0.1) is 0 Å². The molecule has 2 aromatic rings. The summed E-state index contributed by atoms with van der Waals surface area (Å²) in [5.74, 6) is 2.01. The molecule has 2 heterocycles. The normalized spacial score (nSPS) is 10.9. The van der Waals surface area contributed by atoms with Crippen LogP contribution in [-0.4, -0.2) is 14.8 Å². The van der Waals surface area contributed by atoms with Crippen molar-refractivity contribution in [2.24, 2.45) is 0 Å². The van der Waals surface area contributed by atoms with Gasteiger partial charge < -0.3 is 0 Å². The van der Waals surface area contributed by atoms with Crippen LogP contribution in [-0.2, 0) is 19.4 Å². The lowest BCUT2D eigenvalue weighted by Crippen LogP contribution is -2.05. The second kappa shape index (κ2) is 5.10. The van der Waals surface area contributed by atoms with Crippen LogP contribution >= 0.6 is 27.3 Å². The van der Waals surface area contributed by atoms with Crippen molar-refractivity contribution in [2.45, 2.75) is 33.2 Å². The Bertz CT molecular complexity index is 475. The number of hydrogen-bond acceptors (Lipinski definition) is 3. The van der Waals surface area contributed by atoms with E-state index in [0.29, 0.717) is 0 Å². The fourth-order valence-corrected chi connectivity index (χ4v) is 3.01. The Hall–Kier alpha value is -0.680. The molecule has 0 radical (unpaired) electrons. The molecule has 0 amide bonds. The van der Waals surface area contributed by atoms with Gasteiger partial charge in [-0.15, -0.1) is 11.3 Å². The molecular formula is C11H14BrN3S. The van der Waals surface area contributed by atoms with Crippen LogP contribution in [0.1, 0.15) is 30.4 Å². The van der Waals surface area contributed by atoms with Crippen molar-refractivity contribution in [2.75, 3.05) is 0 Å². The van der Waals surface area contributed by atoms with Crippen molar-refractivity contribution in [3.63, 3.8) is 0 Å². The van der Waals surface area contributed by atoms with E-state index < -0.39 is 0 Å². The van der Waals surface area contributed by atoms with Gasteiger partial charge in [0.1, 0.15) is 5.82 Å². The first kappa shape index (κ1) is 11.8.